The summed E-state index contributed by atoms with van der Waals surface area (Å²) < 4.78 is 0.0849. The van der Waals surface area contributed by atoms with Gasteiger partial charge in [0.25, 0.3) is 0 Å². The highest BCUT2D eigenvalue weighted by molar-refractivity contribution is 7.99. The van der Waals surface area contributed by atoms with Gasteiger partial charge in [0, 0.05) is 17.3 Å². The Morgan fingerprint density at radius 1 is 1.25 bits per heavy atom. The summed E-state index contributed by atoms with van der Waals surface area (Å²) in [5, 5.41) is 3.29. The van der Waals surface area contributed by atoms with E-state index in [0.717, 1.165) is 32.2 Å². The maximum atomic E-state index is 12.5. The van der Waals surface area contributed by atoms with Gasteiger partial charge >= 0.3 is 0 Å². The molecular weight excluding hydrogens is 272 g/mol. The van der Waals surface area contributed by atoms with E-state index in [-0.39, 0.29) is 28.6 Å². The zero-order chi connectivity index (χ0) is 14.8. The summed E-state index contributed by atoms with van der Waals surface area (Å²) >= 11 is 1.77. The van der Waals surface area contributed by atoms with Gasteiger partial charge in [-0.2, -0.15) is 11.8 Å². The average molecular weight is 298 g/mol. The summed E-state index contributed by atoms with van der Waals surface area (Å²) in [5.74, 6) is 0.0140. The smallest absolute Gasteiger partial charge is 0.247 e. The van der Waals surface area contributed by atoms with E-state index in [4.69, 9.17) is 0 Å². The minimum Gasteiger partial charge on any atom is -0.304 e. The normalized spacial score (nSPS) is 25.6. The molecule has 2 fully saturated rings. The van der Waals surface area contributed by atoms with Crippen LogP contribution in [0.4, 0.5) is 0 Å². The number of carbonyl (C=O) groups excluding carboxylic acids is 2. The Balaban J connectivity index is 1.94. The third-order valence-electron chi connectivity index (χ3n) is 4.45. The molecule has 1 saturated carbocycles. The number of nitrogens with one attached hydrogen (secondary N) is 1. The van der Waals surface area contributed by atoms with Crippen molar-refractivity contribution in [3.8, 4) is 0 Å². The molecular formula is C15H26N2O2S. The molecule has 4 nitrogen and oxygen atoms in total. The number of imide groups is 1. The van der Waals surface area contributed by atoms with Crippen LogP contribution >= 0.6 is 11.8 Å². The molecule has 114 valence electrons. The van der Waals surface area contributed by atoms with Crippen LogP contribution in [0.5, 0.6) is 0 Å². The van der Waals surface area contributed by atoms with Crippen molar-refractivity contribution in [2.75, 3.05) is 12.8 Å². The molecule has 0 spiro atoms. The second-order valence-electron chi connectivity index (χ2n) is 6.50. The fourth-order valence-electron chi connectivity index (χ4n) is 2.97. The monoisotopic (exact) mass is 298 g/mol. The van der Waals surface area contributed by atoms with Crippen molar-refractivity contribution in [1.29, 1.82) is 0 Å². The van der Waals surface area contributed by atoms with Crippen molar-refractivity contribution >= 4 is 23.6 Å². The molecule has 2 rings (SSSR count). The Kier molecular flexibility index (Phi) is 5.13. The molecule has 1 saturated heterocycles. The third-order valence-corrected chi connectivity index (χ3v) is 5.70. The number of amides is 2. The molecule has 2 aliphatic rings. The first kappa shape index (κ1) is 15.8. The topological polar surface area (TPSA) is 49.4 Å². The maximum Gasteiger partial charge on any atom is 0.247 e. The highest BCUT2D eigenvalue weighted by atomic mass is 32.2. The van der Waals surface area contributed by atoms with Gasteiger partial charge in [0.05, 0.1) is 12.5 Å². The van der Waals surface area contributed by atoms with Crippen molar-refractivity contribution < 1.29 is 9.59 Å². The SMILES string of the molecule is CSC(C)(C)CNC1CC(=O)N(C2CCCCC2)C1=O. The van der Waals surface area contributed by atoms with Crippen LogP contribution < -0.4 is 5.32 Å². The summed E-state index contributed by atoms with van der Waals surface area (Å²) in [4.78, 5) is 26.2. The van der Waals surface area contributed by atoms with Gasteiger partial charge in [-0.15, -0.1) is 0 Å². The van der Waals surface area contributed by atoms with Gasteiger partial charge in [0.1, 0.15) is 0 Å². The number of hydrogen-bond donors (Lipinski definition) is 1. The summed E-state index contributed by atoms with van der Waals surface area (Å²) in [7, 11) is 0. The van der Waals surface area contributed by atoms with Gasteiger partial charge < -0.3 is 5.32 Å². The Labute approximate surface area is 126 Å². The van der Waals surface area contributed by atoms with E-state index in [1.807, 2.05) is 0 Å². The molecule has 0 radical (unpaired) electrons. The van der Waals surface area contributed by atoms with E-state index in [1.54, 1.807) is 16.7 Å². The lowest BCUT2D eigenvalue weighted by atomic mass is 9.94. The quantitative estimate of drug-likeness (QED) is 0.790. The first-order valence-corrected chi connectivity index (χ1v) is 8.81. The summed E-state index contributed by atoms with van der Waals surface area (Å²) in [6, 6.07) is -0.153. The van der Waals surface area contributed by atoms with E-state index >= 15 is 0 Å². The molecule has 1 atom stereocenters. The molecule has 5 heteroatoms. The average Bonchev–Trinajstić information content (AvgIpc) is 2.72. The van der Waals surface area contributed by atoms with Crippen LogP contribution in [0.2, 0.25) is 0 Å². The minimum absolute atomic E-state index is 0.00111. The summed E-state index contributed by atoms with van der Waals surface area (Å²) in [6.45, 7) is 5.03. The molecule has 1 heterocycles. The Bertz CT molecular complexity index is 378. The predicted molar refractivity (Wildman–Crippen MR) is 82.7 cm³/mol. The largest absolute Gasteiger partial charge is 0.304 e. The van der Waals surface area contributed by atoms with Crippen LogP contribution in [0.1, 0.15) is 52.4 Å². The van der Waals surface area contributed by atoms with Gasteiger partial charge in [0.2, 0.25) is 11.8 Å². The van der Waals surface area contributed by atoms with Crippen LogP contribution in [0.25, 0.3) is 0 Å². The van der Waals surface area contributed by atoms with Gasteiger partial charge in [-0.25, -0.2) is 0 Å². The second kappa shape index (κ2) is 6.48. The Morgan fingerprint density at radius 3 is 2.50 bits per heavy atom. The molecule has 0 aromatic rings. The molecule has 1 aliphatic carbocycles. The highest BCUT2D eigenvalue weighted by Gasteiger charge is 2.42. The molecule has 1 N–H and O–H groups in total. The standard InChI is InChI=1S/C15H26N2O2S/c1-15(2,20-3)10-16-12-9-13(18)17(14(12)19)11-7-5-4-6-8-11/h11-12,16H,4-10H2,1-3H3. The lowest BCUT2D eigenvalue weighted by molar-refractivity contribution is -0.142. The number of hydrogen-bond acceptors (Lipinski definition) is 4. The molecule has 0 bridgehead atoms. The fourth-order valence-corrected chi connectivity index (χ4v) is 3.20. The van der Waals surface area contributed by atoms with E-state index in [1.165, 1.54) is 6.42 Å². The lowest BCUT2D eigenvalue weighted by Crippen LogP contribution is -2.46. The van der Waals surface area contributed by atoms with E-state index < -0.39 is 0 Å². The van der Waals surface area contributed by atoms with E-state index in [2.05, 4.69) is 25.4 Å². The molecule has 1 aliphatic heterocycles. The molecule has 0 aromatic carbocycles. The van der Waals surface area contributed by atoms with Crippen molar-refractivity contribution in [3.63, 3.8) is 0 Å². The van der Waals surface area contributed by atoms with E-state index in [9.17, 15) is 9.59 Å². The van der Waals surface area contributed by atoms with Crippen LogP contribution in [-0.4, -0.2) is 46.3 Å². The first-order valence-electron chi connectivity index (χ1n) is 7.59. The van der Waals surface area contributed by atoms with Gasteiger partial charge in [0.15, 0.2) is 0 Å². The number of rotatable bonds is 5. The van der Waals surface area contributed by atoms with Gasteiger partial charge in [-0.1, -0.05) is 19.3 Å². The minimum atomic E-state index is -0.309. The fraction of sp³-hybridized carbons (Fsp3) is 0.867. The lowest BCUT2D eigenvalue weighted by Gasteiger charge is -2.30. The first-order chi connectivity index (χ1) is 9.44. The van der Waals surface area contributed by atoms with Crippen LogP contribution in [0.15, 0.2) is 0 Å². The zero-order valence-electron chi connectivity index (χ0n) is 12.8. The van der Waals surface area contributed by atoms with Crippen molar-refractivity contribution in [2.24, 2.45) is 0 Å². The van der Waals surface area contributed by atoms with Gasteiger partial charge in [-0.3, -0.25) is 14.5 Å². The summed E-state index contributed by atoms with van der Waals surface area (Å²) in [6.07, 6.45) is 7.88. The molecule has 20 heavy (non-hydrogen) atoms. The van der Waals surface area contributed by atoms with Crippen LogP contribution in [0, 0.1) is 0 Å². The second-order valence-corrected chi connectivity index (χ2v) is 8.01. The number of nitrogens with zero attached hydrogens (tertiary/aromatic N) is 1. The summed E-state index contributed by atoms with van der Waals surface area (Å²) in [5.41, 5.74) is 0. The number of likely N-dealkylation sites (tertiary alicyclic amines) is 1. The number of carbonyl (C=O) groups is 2. The van der Waals surface area contributed by atoms with Crippen LogP contribution in [0.3, 0.4) is 0 Å². The Hall–Kier alpha value is -0.550. The van der Waals surface area contributed by atoms with Crippen LogP contribution in [-0.2, 0) is 9.59 Å². The highest BCUT2D eigenvalue weighted by Crippen LogP contribution is 2.28. The maximum absolute atomic E-state index is 12.5. The molecule has 2 amide bonds. The predicted octanol–water partition coefficient (Wildman–Crippen LogP) is 2.18. The van der Waals surface area contributed by atoms with Crippen molar-refractivity contribution in [3.05, 3.63) is 0 Å². The Morgan fingerprint density at radius 2 is 1.90 bits per heavy atom. The molecule has 1 unspecified atom stereocenters. The van der Waals surface area contributed by atoms with Crippen molar-refractivity contribution in [1.82, 2.24) is 10.2 Å². The van der Waals surface area contributed by atoms with Crippen molar-refractivity contribution in [2.45, 2.75) is 69.2 Å². The van der Waals surface area contributed by atoms with Gasteiger partial charge in [-0.05, 0) is 32.9 Å². The van der Waals surface area contributed by atoms with E-state index in [0.29, 0.717) is 6.42 Å². The molecule has 0 aromatic heterocycles. The third kappa shape index (κ3) is 3.55. The number of thioether (sulfide) groups is 1. The zero-order valence-corrected chi connectivity index (χ0v) is 13.6.